The number of carbonyl (C=O) groups is 1. The smallest absolute Gasteiger partial charge is 0.335 e. The molecule has 0 bridgehead atoms. The highest BCUT2D eigenvalue weighted by atomic mass is 32.2. The van der Waals surface area contributed by atoms with Crippen LogP contribution in [0.2, 0.25) is 0 Å². The molecular formula is C11H12N2O2S. The summed E-state index contributed by atoms with van der Waals surface area (Å²) in [6.45, 7) is 4.17. The number of carboxylic acids is 1. The highest BCUT2D eigenvalue weighted by molar-refractivity contribution is 7.99. The van der Waals surface area contributed by atoms with Gasteiger partial charge in [-0.05, 0) is 18.2 Å². The van der Waals surface area contributed by atoms with E-state index in [4.69, 9.17) is 5.11 Å². The van der Waals surface area contributed by atoms with Crippen molar-refractivity contribution in [2.75, 3.05) is 0 Å². The first-order chi connectivity index (χ1) is 7.56. The number of H-pyrrole nitrogens is 1. The molecule has 0 unspecified atom stereocenters. The molecule has 0 radical (unpaired) electrons. The number of aromatic amines is 1. The van der Waals surface area contributed by atoms with Gasteiger partial charge in [0.15, 0.2) is 5.16 Å². The zero-order chi connectivity index (χ0) is 11.7. The lowest BCUT2D eigenvalue weighted by Gasteiger charge is -1.98. The van der Waals surface area contributed by atoms with Crippen LogP contribution in [0.5, 0.6) is 0 Å². The minimum absolute atomic E-state index is 0.275. The van der Waals surface area contributed by atoms with Gasteiger partial charge in [0.1, 0.15) is 0 Å². The third kappa shape index (κ3) is 2.19. The van der Waals surface area contributed by atoms with E-state index < -0.39 is 5.97 Å². The van der Waals surface area contributed by atoms with Crippen molar-refractivity contribution in [2.24, 2.45) is 0 Å². The second-order valence-corrected chi connectivity index (χ2v) is 5.31. The van der Waals surface area contributed by atoms with Crippen molar-refractivity contribution in [3.63, 3.8) is 0 Å². The van der Waals surface area contributed by atoms with Crippen molar-refractivity contribution < 1.29 is 9.90 Å². The number of thioether (sulfide) groups is 1. The van der Waals surface area contributed by atoms with Gasteiger partial charge < -0.3 is 10.1 Å². The summed E-state index contributed by atoms with van der Waals surface area (Å²) in [4.78, 5) is 18.3. The molecule has 0 fully saturated rings. The van der Waals surface area contributed by atoms with E-state index in [0.717, 1.165) is 16.2 Å². The summed E-state index contributed by atoms with van der Waals surface area (Å²) in [5.41, 5.74) is 1.84. The molecule has 0 amide bonds. The van der Waals surface area contributed by atoms with Crippen LogP contribution in [0.4, 0.5) is 0 Å². The Labute approximate surface area is 97.1 Å². The number of nitrogens with one attached hydrogen (secondary N) is 1. The zero-order valence-corrected chi connectivity index (χ0v) is 9.84. The lowest BCUT2D eigenvalue weighted by molar-refractivity contribution is 0.0697. The molecule has 2 rings (SSSR count). The van der Waals surface area contributed by atoms with Crippen molar-refractivity contribution in [1.82, 2.24) is 9.97 Å². The van der Waals surface area contributed by atoms with Crippen LogP contribution < -0.4 is 0 Å². The molecule has 0 aliphatic carbocycles. The quantitative estimate of drug-likeness (QED) is 0.804. The van der Waals surface area contributed by atoms with Crippen molar-refractivity contribution in [3.8, 4) is 0 Å². The molecule has 4 nitrogen and oxygen atoms in total. The van der Waals surface area contributed by atoms with Crippen LogP contribution in [0.3, 0.4) is 0 Å². The van der Waals surface area contributed by atoms with Gasteiger partial charge in [-0.2, -0.15) is 0 Å². The predicted molar refractivity (Wildman–Crippen MR) is 64.0 cm³/mol. The number of hydrogen-bond donors (Lipinski definition) is 2. The van der Waals surface area contributed by atoms with E-state index in [1.54, 1.807) is 30.0 Å². The summed E-state index contributed by atoms with van der Waals surface area (Å²) in [6, 6.07) is 4.89. The van der Waals surface area contributed by atoms with E-state index in [1.807, 2.05) is 0 Å². The molecule has 0 spiro atoms. The summed E-state index contributed by atoms with van der Waals surface area (Å²) in [5.74, 6) is -0.922. The maximum atomic E-state index is 10.8. The molecule has 0 aliphatic rings. The molecular weight excluding hydrogens is 224 g/mol. The fourth-order valence-electron chi connectivity index (χ4n) is 1.40. The minimum Gasteiger partial charge on any atom is -0.478 e. The van der Waals surface area contributed by atoms with Crippen LogP contribution in [0.1, 0.15) is 24.2 Å². The first-order valence-electron chi connectivity index (χ1n) is 4.96. The molecule has 0 saturated heterocycles. The minimum atomic E-state index is -0.922. The molecule has 0 atom stereocenters. The zero-order valence-electron chi connectivity index (χ0n) is 9.02. The normalized spacial score (nSPS) is 11.2. The number of rotatable bonds is 3. The molecule has 84 valence electrons. The van der Waals surface area contributed by atoms with Gasteiger partial charge >= 0.3 is 5.97 Å². The van der Waals surface area contributed by atoms with Gasteiger partial charge in [0.2, 0.25) is 0 Å². The summed E-state index contributed by atoms with van der Waals surface area (Å²) in [7, 11) is 0. The largest absolute Gasteiger partial charge is 0.478 e. The SMILES string of the molecule is CC(C)Sc1nc2ccc(C(=O)O)cc2[nH]1. The molecule has 1 heterocycles. The van der Waals surface area contributed by atoms with E-state index in [-0.39, 0.29) is 5.56 Å². The topological polar surface area (TPSA) is 66.0 Å². The Hall–Kier alpha value is -1.49. The molecule has 2 N–H and O–H groups in total. The third-order valence-corrected chi connectivity index (χ3v) is 2.94. The first-order valence-corrected chi connectivity index (χ1v) is 5.84. The lowest BCUT2D eigenvalue weighted by Crippen LogP contribution is -1.94. The Balaban J connectivity index is 2.42. The Morgan fingerprint density at radius 3 is 2.88 bits per heavy atom. The van der Waals surface area contributed by atoms with Crippen LogP contribution in [-0.2, 0) is 0 Å². The Morgan fingerprint density at radius 1 is 1.50 bits per heavy atom. The summed E-state index contributed by atoms with van der Waals surface area (Å²) in [6.07, 6.45) is 0. The maximum absolute atomic E-state index is 10.8. The molecule has 0 aliphatic heterocycles. The molecule has 1 aromatic carbocycles. The monoisotopic (exact) mass is 236 g/mol. The van der Waals surface area contributed by atoms with Crippen LogP contribution in [0.15, 0.2) is 23.4 Å². The second-order valence-electron chi connectivity index (χ2n) is 3.75. The van der Waals surface area contributed by atoms with Crippen molar-refractivity contribution >= 4 is 28.8 Å². The first kappa shape index (κ1) is 11.0. The fourth-order valence-corrected chi connectivity index (χ4v) is 2.16. The number of hydrogen-bond acceptors (Lipinski definition) is 3. The van der Waals surface area contributed by atoms with Crippen molar-refractivity contribution in [3.05, 3.63) is 23.8 Å². The number of aromatic nitrogens is 2. The molecule has 1 aromatic heterocycles. The number of benzene rings is 1. The average Bonchev–Trinajstić information content (AvgIpc) is 2.56. The van der Waals surface area contributed by atoms with Crippen LogP contribution in [-0.4, -0.2) is 26.3 Å². The molecule has 2 aromatic rings. The molecule has 5 heteroatoms. The predicted octanol–water partition coefficient (Wildman–Crippen LogP) is 2.76. The maximum Gasteiger partial charge on any atom is 0.335 e. The van der Waals surface area contributed by atoms with E-state index in [1.165, 1.54) is 0 Å². The van der Waals surface area contributed by atoms with E-state index >= 15 is 0 Å². The van der Waals surface area contributed by atoms with E-state index in [0.29, 0.717) is 5.25 Å². The van der Waals surface area contributed by atoms with Gasteiger partial charge in [-0.1, -0.05) is 25.6 Å². The Bertz CT molecular complexity index is 534. The molecule has 0 saturated carbocycles. The van der Waals surface area contributed by atoms with Gasteiger partial charge in [0.05, 0.1) is 16.6 Å². The standard InChI is InChI=1S/C11H12N2O2S/c1-6(2)16-11-12-8-4-3-7(10(14)15)5-9(8)13-11/h3-6H,1-2H3,(H,12,13)(H,14,15). The highest BCUT2D eigenvalue weighted by Crippen LogP contribution is 2.23. The third-order valence-electron chi connectivity index (χ3n) is 2.05. The second kappa shape index (κ2) is 4.17. The van der Waals surface area contributed by atoms with Gasteiger partial charge in [-0.15, -0.1) is 0 Å². The van der Waals surface area contributed by atoms with Crippen molar-refractivity contribution in [1.29, 1.82) is 0 Å². The van der Waals surface area contributed by atoms with Gasteiger partial charge in [0, 0.05) is 5.25 Å². The number of carboxylic acid groups (broad SMARTS) is 1. The van der Waals surface area contributed by atoms with E-state index in [9.17, 15) is 4.79 Å². The molecule has 16 heavy (non-hydrogen) atoms. The van der Waals surface area contributed by atoms with Gasteiger partial charge in [-0.25, -0.2) is 9.78 Å². The highest BCUT2D eigenvalue weighted by Gasteiger charge is 2.08. The number of imidazole rings is 1. The number of fused-ring (bicyclic) bond motifs is 1. The number of nitrogens with zero attached hydrogens (tertiary/aromatic N) is 1. The Kier molecular flexibility index (Phi) is 2.87. The van der Waals surface area contributed by atoms with Crippen molar-refractivity contribution in [2.45, 2.75) is 24.3 Å². The summed E-state index contributed by atoms with van der Waals surface area (Å²) in [5, 5.41) is 10.1. The van der Waals surface area contributed by atoms with Crippen LogP contribution in [0, 0.1) is 0 Å². The average molecular weight is 236 g/mol. The summed E-state index contributed by atoms with van der Waals surface area (Å²) >= 11 is 1.62. The van der Waals surface area contributed by atoms with Crippen LogP contribution >= 0.6 is 11.8 Å². The number of aromatic carboxylic acids is 1. The van der Waals surface area contributed by atoms with Gasteiger partial charge in [0.25, 0.3) is 0 Å². The fraction of sp³-hybridized carbons (Fsp3) is 0.273. The van der Waals surface area contributed by atoms with Crippen LogP contribution in [0.25, 0.3) is 11.0 Å². The Morgan fingerprint density at radius 2 is 2.25 bits per heavy atom. The van der Waals surface area contributed by atoms with E-state index in [2.05, 4.69) is 23.8 Å². The summed E-state index contributed by atoms with van der Waals surface area (Å²) < 4.78 is 0. The van der Waals surface area contributed by atoms with Gasteiger partial charge in [-0.3, -0.25) is 0 Å². The lowest BCUT2D eigenvalue weighted by atomic mass is 10.2.